The van der Waals surface area contributed by atoms with E-state index in [-0.39, 0.29) is 34.9 Å². The Labute approximate surface area is 109 Å². The van der Waals surface area contributed by atoms with Crippen LogP contribution in [0.5, 0.6) is 0 Å². The van der Waals surface area contributed by atoms with Crippen molar-refractivity contribution >= 4 is 5.97 Å². The second kappa shape index (κ2) is 3.60. The molecular weight excluding hydrogens is 228 g/mol. The fourth-order valence-corrected chi connectivity index (χ4v) is 4.56. The maximum absolute atomic E-state index is 12.2. The Bertz CT molecular complexity index is 412. The number of rotatable bonds is 1. The zero-order valence-corrected chi connectivity index (χ0v) is 11.6. The van der Waals surface area contributed by atoms with Crippen LogP contribution in [-0.2, 0) is 14.3 Å². The van der Waals surface area contributed by atoms with Gasteiger partial charge in [0.2, 0.25) is 0 Å². The zero-order chi connectivity index (χ0) is 13.1. The van der Waals surface area contributed by atoms with Crippen LogP contribution in [0.3, 0.4) is 0 Å². The molecule has 0 unspecified atom stereocenters. The summed E-state index contributed by atoms with van der Waals surface area (Å²) in [6.45, 7) is 6.82. The summed E-state index contributed by atoms with van der Waals surface area (Å²) in [5.74, 6) is 0.190. The SMILES string of the molecule is CO[C@H]1C=C[C@H]2C(C)(C)CC[C@@H]3OC(=O)[C@H]1[C@@]32C. The van der Waals surface area contributed by atoms with E-state index in [1.165, 1.54) is 0 Å². The van der Waals surface area contributed by atoms with Gasteiger partial charge in [-0.15, -0.1) is 0 Å². The molecule has 1 aliphatic heterocycles. The van der Waals surface area contributed by atoms with Crippen molar-refractivity contribution in [2.75, 3.05) is 7.11 Å². The Kier molecular flexibility index (Phi) is 2.44. The van der Waals surface area contributed by atoms with Gasteiger partial charge < -0.3 is 9.47 Å². The molecule has 0 bridgehead atoms. The first-order valence-electron chi connectivity index (χ1n) is 6.83. The van der Waals surface area contributed by atoms with Gasteiger partial charge in [-0.2, -0.15) is 0 Å². The smallest absolute Gasteiger partial charge is 0.312 e. The van der Waals surface area contributed by atoms with Crippen LogP contribution in [-0.4, -0.2) is 25.3 Å². The molecule has 3 aliphatic rings. The van der Waals surface area contributed by atoms with Crippen molar-refractivity contribution in [3.8, 4) is 0 Å². The first-order valence-corrected chi connectivity index (χ1v) is 6.83. The highest BCUT2D eigenvalue weighted by Gasteiger charge is 2.65. The molecule has 3 rings (SSSR count). The van der Waals surface area contributed by atoms with Crippen molar-refractivity contribution < 1.29 is 14.3 Å². The van der Waals surface area contributed by atoms with Crippen molar-refractivity contribution in [3.05, 3.63) is 12.2 Å². The van der Waals surface area contributed by atoms with E-state index in [4.69, 9.17) is 9.47 Å². The average Bonchev–Trinajstić information content (AvgIpc) is 2.56. The Morgan fingerprint density at radius 2 is 2.06 bits per heavy atom. The lowest BCUT2D eigenvalue weighted by atomic mass is 9.50. The van der Waals surface area contributed by atoms with Crippen LogP contribution >= 0.6 is 0 Å². The molecule has 0 spiro atoms. The van der Waals surface area contributed by atoms with E-state index in [2.05, 4.69) is 32.9 Å². The first kappa shape index (κ1) is 12.2. The highest BCUT2D eigenvalue weighted by atomic mass is 16.6. The van der Waals surface area contributed by atoms with Crippen molar-refractivity contribution in [2.24, 2.45) is 22.7 Å². The number of carbonyl (C=O) groups is 1. The summed E-state index contributed by atoms with van der Waals surface area (Å²) < 4.78 is 11.1. The van der Waals surface area contributed by atoms with Crippen LogP contribution in [0.25, 0.3) is 0 Å². The van der Waals surface area contributed by atoms with Crippen LogP contribution in [0.2, 0.25) is 0 Å². The second-order valence-electron chi connectivity index (χ2n) is 6.86. The molecule has 1 heterocycles. The van der Waals surface area contributed by atoms with Crippen molar-refractivity contribution in [1.29, 1.82) is 0 Å². The lowest BCUT2D eigenvalue weighted by Gasteiger charge is -2.53. The van der Waals surface area contributed by atoms with E-state index in [1.54, 1.807) is 7.11 Å². The Hall–Kier alpha value is -0.830. The van der Waals surface area contributed by atoms with Crippen LogP contribution in [0, 0.1) is 22.7 Å². The van der Waals surface area contributed by atoms with Gasteiger partial charge in [0.1, 0.15) is 6.10 Å². The molecule has 3 heteroatoms. The summed E-state index contributed by atoms with van der Waals surface area (Å²) in [5, 5.41) is 0. The molecule has 1 saturated heterocycles. The molecule has 0 aromatic carbocycles. The van der Waals surface area contributed by atoms with Crippen molar-refractivity contribution in [3.63, 3.8) is 0 Å². The first-order chi connectivity index (χ1) is 8.41. The van der Waals surface area contributed by atoms with Gasteiger partial charge in [0.05, 0.1) is 12.0 Å². The van der Waals surface area contributed by atoms with Gasteiger partial charge >= 0.3 is 5.97 Å². The van der Waals surface area contributed by atoms with Crippen LogP contribution in [0.15, 0.2) is 12.2 Å². The van der Waals surface area contributed by atoms with Crippen molar-refractivity contribution in [2.45, 2.75) is 45.8 Å². The quantitative estimate of drug-likeness (QED) is 0.530. The Morgan fingerprint density at radius 1 is 1.33 bits per heavy atom. The van der Waals surface area contributed by atoms with Gasteiger partial charge in [-0.25, -0.2) is 0 Å². The molecule has 1 saturated carbocycles. The molecule has 100 valence electrons. The van der Waals surface area contributed by atoms with E-state index in [0.717, 1.165) is 12.8 Å². The lowest BCUT2D eigenvalue weighted by molar-refractivity contribution is -0.146. The fraction of sp³-hybridized carbons (Fsp3) is 0.800. The fourth-order valence-electron chi connectivity index (χ4n) is 4.56. The third kappa shape index (κ3) is 1.31. The zero-order valence-electron chi connectivity index (χ0n) is 11.6. The molecule has 0 aromatic rings. The summed E-state index contributed by atoms with van der Waals surface area (Å²) in [6.07, 6.45) is 6.35. The molecule has 2 fully saturated rings. The van der Waals surface area contributed by atoms with E-state index < -0.39 is 0 Å². The van der Waals surface area contributed by atoms with Gasteiger partial charge in [0.15, 0.2) is 0 Å². The molecule has 0 amide bonds. The minimum Gasteiger partial charge on any atom is -0.461 e. The minimum atomic E-state index is -0.137. The molecule has 0 N–H and O–H groups in total. The molecular formula is C15H22O3. The van der Waals surface area contributed by atoms with Gasteiger partial charge in [0, 0.05) is 12.5 Å². The second-order valence-corrected chi connectivity index (χ2v) is 6.86. The summed E-state index contributed by atoms with van der Waals surface area (Å²) in [6, 6.07) is 0. The number of hydrogen-bond acceptors (Lipinski definition) is 3. The van der Waals surface area contributed by atoms with E-state index >= 15 is 0 Å². The number of methoxy groups -OCH3 is 1. The van der Waals surface area contributed by atoms with Crippen molar-refractivity contribution in [1.82, 2.24) is 0 Å². The van der Waals surface area contributed by atoms with Gasteiger partial charge in [-0.05, 0) is 24.2 Å². The minimum absolute atomic E-state index is 0.0654. The number of carbonyl (C=O) groups excluding carboxylic acids is 1. The topological polar surface area (TPSA) is 35.5 Å². The molecule has 5 atom stereocenters. The van der Waals surface area contributed by atoms with Crippen LogP contribution in [0.1, 0.15) is 33.6 Å². The lowest BCUT2D eigenvalue weighted by Crippen LogP contribution is -2.54. The largest absolute Gasteiger partial charge is 0.461 e. The van der Waals surface area contributed by atoms with E-state index in [0.29, 0.717) is 5.92 Å². The summed E-state index contributed by atoms with van der Waals surface area (Å²) in [7, 11) is 1.67. The predicted octanol–water partition coefficient (Wildman–Crippen LogP) is 2.56. The van der Waals surface area contributed by atoms with Gasteiger partial charge in [0.25, 0.3) is 0 Å². The van der Waals surface area contributed by atoms with Gasteiger partial charge in [-0.1, -0.05) is 32.9 Å². The molecule has 18 heavy (non-hydrogen) atoms. The Balaban J connectivity index is 2.11. The summed E-state index contributed by atoms with van der Waals surface area (Å²) in [4.78, 5) is 12.2. The summed E-state index contributed by atoms with van der Waals surface area (Å²) in [5.41, 5.74) is 0.126. The standard InChI is InChI=1S/C15H22O3/c1-14(2)8-7-11-15(3)10(14)6-5-9(17-4)12(15)13(16)18-11/h5-6,9-12H,7-8H2,1-4H3/t9-,10-,11-,12-,15+/m0/s1. The molecule has 0 radical (unpaired) electrons. The third-order valence-corrected chi connectivity index (χ3v) is 5.53. The Morgan fingerprint density at radius 3 is 2.72 bits per heavy atom. The number of hydrogen-bond donors (Lipinski definition) is 0. The maximum Gasteiger partial charge on any atom is 0.312 e. The molecule has 2 aliphatic carbocycles. The third-order valence-electron chi connectivity index (χ3n) is 5.53. The highest BCUT2D eigenvalue weighted by Crippen LogP contribution is 2.61. The number of esters is 1. The maximum atomic E-state index is 12.2. The van der Waals surface area contributed by atoms with Gasteiger partial charge in [-0.3, -0.25) is 4.79 Å². The number of allylic oxidation sites excluding steroid dienone is 1. The number of ether oxygens (including phenoxy) is 2. The van der Waals surface area contributed by atoms with Crippen LogP contribution < -0.4 is 0 Å². The normalized spacial score (nSPS) is 48.8. The van der Waals surface area contributed by atoms with E-state index in [9.17, 15) is 4.79 Å². The molecule has 0 aromatic heterocycles. The van der Waals surface area contributed by atoms with Crippen LogP contribution in [0.4, 0.5) is 0 Å². The molecule has 3 nitrogen and oxygen atoms in total. The average molecular weight is 250 g/mol. The van der Waals surface area contributed by atoms with E-state index in [1.807, 2.05) is 0 Å². The monoisotopic (exact) mass is 250 g/mol. The highest BCUT2D eigenvalue weighted by molar-refractivity contribution is 5.78. The summed E-state index contributed by atoms with van der Waals surface area (Å²) >= 11 is 0. The predicted molar refractivity (Wildman–Crippen MR) is 67.9 cm³/mol.